The Hall–Kier alpha value is -2.05. The summed E-state index contributed by atoms with van der Waals surface area (Å²) in [6.07, 6.45) is 2.24. The van der Waals surface area contributed by atoms with E-state index in [4.69, 9.17) is 4.74 Å². The number of piperazine rings is 1. The Balaban J connectivity index is 1.77. The van der Waals surface area contributed by atoms with Crippen LogP contribution in [0.1, 0.15) is 6.42 Å². The largest absolute Gasteiger partial charge is 0.491 e. The summed E-state index contributed by atoms with van der Waals surface area (Å²) < 4.78 is 29.6. The molecule has 25 heavy (non-hydrogen) atoms. The summed E-state index contributed by atoms with van der Waals surface area (Å²) in [6.45, 7) is 3.60. The maximum atomic E-state index is 11.8. The molecule has 0 aromatic heterocycles. The molecule has 2 aliphatic heterocycles. The third kappa shape index (κ3) is 3.24. The molecule has 0 unspecified atom stereocenters. The summed E-state index contributed by atoms with van der Waals surface area (Å²) in [6, 6.07) is 13.7. The maximum absolute atomic E-state index is 11.8. The van der Waals surface area contributed by atoms with Crippen molar-refractivity contribution in [3.05, 3.63) is 42.5 Å². The fraction of sp³-hybridized carbons (Fsp3) is 0.368. The van der Waals surface area contributed by atoms with E-state index in [2.05, 4.69) is 16.3 Å². The molecule has 0 spiro atoms. The molecule has 2 aliphatic rings. The third-order valence-electron chi connectivity index (χ3n) is 4.92. The highest BCUT2D eigenvalue weighted by atomic mass is 32.2. The van der Waals surface area contributed by atoms with Crippen molar-refractivity contribution >= 4 is 15.5 Å². The van der Waals surface area contributed by atoms with Gasteiger partial charge in [0.05, 0.1) is 17.2 Å². The standard InChI is InChI=1S/C19H22N2O3S/c1-25(22,23)17-4-2-3-14(11-17)15-5-6-19-18(12-15)21-9-8-20-13-16(21)7-10-24-19/h2-6,11-12,16,20H,7-10,13H2,1H3/t16-/m0/s1. The van der Waals surface area contributed by atoms with Crippen molar-refractivity contribution in [3.63, 3.8) is 0 Å². The number of anilines is 1. The van der Waals surface area contributed by atoms with E-state index in [-0.39, 0.29) is 0 Å². The number of ether oxygens (including phenoxy) is 1. The molecular formula is C19H22N2O3S. The average molecular weight is 358 g/mol. The van der Waals surface area contributed by atoms with Crippen LogP contribution >= 0.6 is 0 Å². The molecule has 6 heteroatoms. The average Bonchev–Trinajstić information content (AvgIpc) is 2.80. The van der Waals surface area contributed by atoms with Crippen molar-refractivity contribution in [2.24, 2.45) is 0 Å². The highest BCUT2D eigenvalue weighted by Crippen LogP contribution is 2.37. The van der Waals surface area contributed by atoms with E-state index in [1.165, 1.54) is 6.26 Å². The van der Waals surface area contributed by atoms with E-state index < -0.39 is 9.84 Å². The Bertz CT molecular complexity index is 895. The van der Waals surface area contributed by atoms with Gasteiger partial charge in [0.2, 0.25) is 0 Å². The molecule has 0 bridgehead atoms. The van der Waals surface area contributed by atoms with Crippen LogP contribution in [0.25, 0.3) is 11.1 Å². The number of benzene rings is 2. The van der Waals surface area contributed by atoms with Crippen LogP contribution in [-0.2, 0) is 9.84 Å². The molecular weight excluding hydrogens is 336 g/mol. The topological polar surface area (TPSA) is 58.6 Å². The van der Waals surface area contributed by atoms with Gasteiger partial charge >= 0.3 is 0 Å². The minimum atomic E-state index is -3.22. The van der Waals surface area contributed by atoms with Gasteiger partial charge in [0.25, 0.3) is 0 Å². The number of nitrogens with one attached hydrogen (secondary N) is 1. The van der Waals surface area contributed by atoms with Crippen molar-refractivity contribution < 1.29 is 13.2 Å². The van der Waals surface area contributed by atoms with Crippen molar-refractivity contribution in [1.82, 2.24) is 5.32 Å². The smallest absolute Gasteiger partial charge is 0.175 e. The quantitative estimate of drug-likeness (QED) is 0.893. The lowest BCUT2D eigenvalue weighted by Gasteiger charge is -2.36. The van der Waals surface area contributed by atoms with Crippen LogP contribution in [0.3, 0.4) is 0 Å². The van der Waals surface area contributed by atoms with Gasteiger partial charge in [-0.3, -0.25) is 0 Å². The van der Waals surface area contributed by atoms with Crippen LogP contribution < -0.4 is 15.0 Å². The Morgan fingerprint density at radius 3 is 2.84 bits per heavy atom. The van der Waals surface area contributed by atoms with E-state index in [9.17, 15) is 8.42 Å². The summed E-state index contributed by atoms with van der Waals surface area (Å²) in [5, 5.41) is 3.45. The van der Waals surface area contributed by atoms with Gasteiger partial charge in [-0.15, -0.1) is 0 Å². The molecule has 132 valence electrons. The van der Waals surface area contributed by atoms with Crippen LogP contribution in [0, 0.1) is 0 Å². The van der Waals surface area contributed by atoms with Gasteiger partial charge in [0.15, 0.2) is 9.84 Å². The zero-order chi connectivity index (χ0) is 17.4. The Morgan fingerprint density at radius 2 is 2.00 bits per heavy atom. The first-order valence-electron chi connectivity index (χ1n) is 8.57. The van der Waals surface area contributed by atoms with Gasteiger partial charge in [-0.1, -0.05) is 18.2 Å². The van der Waals surface area contributed by atoms with Crippen molar-refractivity contribution in [2.75, 3.05) is 37.4 Å². The molecule has 0 saturated carbocycles. The van der Waals surface area contributed by atoms with E-state index in [1.54, 1.807) is 18.2 Å². The monoisotopic (exact) mass is 358 g/mol. The SMILES string of the molecule is CS(=O)(=O)c1cccc(-c2ccc3c(c2)N2CCNC[C@@H]2CCO3)c1. The van der Waals surface area contributed by atoms with Gasteiger partial charge in [-0.05, 0) is 35.4 Å². The second-order valence-electron chi connectivity index (χ2n) is 6.67. The first-order valence-corrected chi connectivity index (χ1v) is 10.5. The van der Waals surface area contributed by atoms with E-state index in [0.29, 0.717) is 10.9 Å². The minimum absolute atomic E-state index is 0.344. The van der Waals surface area contributed by atoms with Gasteiger partial charge < -0.3 is 15.0 Å². The second-order valence-corrected chi connectivity index (χ2v) is 8.69. The van der Waals surface area contributed by atoms with Gasteiger partial charge in [0, 0.05) is 38.4 Å². The van der Waals surface area contributed by atoms with Crippen LogP contribution in [0.5, 0.6) is 5.75 Å². The lowest BCUT2D eigenvalue weighted by molar-refractivity contribution is 0.304. The fourth-order valence-corrected chi connectivity index (χ4v) is 4.26. The fourth-order valence-electron chi connectivity index (χ4n) is 3.59. The summed E-state index contributed by atoms with van der Waals surface area (Å²) in [7, 11) is -3.22. The zero-order valence-corrected chi connectivity index (χ0v) is 15.1. The summed E-state index contributed by atoms with van der Waals surface area (Å²) in [4.78, 5) is 2.76. The van der Waals surface area contributed by atoms with E-state index >= 15 is 0 Å². The predicted octanol–water partition coefficient (Wildman–Crippen LogP) is 2.32. The molecule has 1 N–H and O–H groups in total. The Morgan fingerprint density at radius 1 is 1.16 bits per heavy atom. The molecule has 5 nitrogen and oxygen atoms in total. The van der Waals surface area contributed by atoms with Crippen molar-refractivity contribution in [1.29, 1.82) is 0 Å². The Kier molecular flexibility index (Phi) is 4.17. The molecule has 0 amide bonds. The number of sulfone groups is 1. The number of hydrogen-bond acceptors (Lipinski definition) is 5. The van der Waals surface area contributed by atoms with Gasteiger partial charge in [0.1, 0.15) is 5.75 Å². The number of hydrogen-bond donors (Lipinski definition) is 1. The Labute approximate surface area is 148 Å². The number of rotatable bonds is 2. The summed E-state index contributed by atoms with van der Waals surface area (Å²) in [5.74, 6) is 0.910. The zero-order valence-electron chi connectivity index (χ0n) is 14.2. The van der Waals surface area contributed by atoms with Crippen molar-refractivity contribution in [3.8, 4) is 16.9 Å². The molecule has 1 atom stereocenters. The van der Waals surface area contributed by atoms with E-state index in [0.717, 1.165) is 55.2 Å². The van der Waals surface area contributed by atoms with Gasteiger partial charge in [-0.25, -0.2) is 8.42 Å². The number of fused-ring (bicyclic) bond motifs is 3. The van der Waals surface area contributed by atoms with Crippen LogP contribution in [0.15, 0.2) is 47.4 Å². The highest BCUT2D eigenvalue weighted by Gasteiger charge is 2.27. The molecule has 0 aliphatic carbocycles. The first-order chi connectivity index (χ1) is 12.0. The lowest BCUT2D eigenvalue weighted by Crippen LogP contribution is -2.51. The molecule has 2 heterocycles. The molecule has 1 saturated heterocycles. The van der Waals surface area contributed by atoms with Crippen LogP contribution in [0.4, 0.5) is 5.69 Å². The minimum Gasteiger partial charge on any atom is -0.491 e. The first kappa shape index (κ1) is 16.4. The van der Waals surface area contributed by atoms with Gasteiger partial charge in [-0.2, -0.15) is 0 Å². The predicted molar refractivity (Wildman–Crippen MR) is 99.1 cm³/mol. The molecule has 0 radical (unpaired) electrons. The summed E-state index contributed by atoms with van der Waals surface area (Å²) in [5.41, 5.74) is 3.01. The van der Waals surface area contributed by atoms with Crippen LogP contribution in [0.2, 0.25) is 0 Å². The molecule has 2 aromatic carbocycles. The number of nitrogens with zero attached hydrogens (tertiary/aromatic N) is 1. The highest BCUT2D eigenvalue weighted by molar-refractivity contribution is 7.90. The maximum Gasteiger partial charge on any atom is 0.175 e. The normalized spacial score (nSPS) is 20.2. The third-order valence-corrected chi connectivity index (χ3v) is 6.03. The second kappa shape index (κ2) is 6.35. The summed E-state index contributed by atoms with van der Waals surface area (Å²) >= 11 is 0. The molecule has 4 rings (SSSR count). The lowest BCUT2D eigenvalue weighted by atomic mass is 10.0. The van der Waals surface area contributed by atoms with Crippen LogP contribution in [-0.4, -0.2) is 47.0 Å². The molecule has 2 aromatic rings. The molecule has 1 fully saturated rings. The van der Waals surface area contributed by atoms with Crippen molar-refractivity contribution in [2.45, 2.75) is 17.4 Å². The van der Waals surface area contributed by atoms with E-state index in [1.807, 2.05) is 18.2 Å².